The van der Waals surface area contributed by atoms with Crippen LogP contribution in [0.2, 0.25) is 0 Å². The molecule has 1 fully saturated rings. The molecular weight excluding hydrogens is 168 g/mol. The van der Waals surface area contributed by atoms with E-state index >= 15 is 0 Å². The lowest BCUT2D eigenvalue weighted by molar-refractivity contribution is 0.469. The quantitative estimate of drug-likeness (QED) is 0.611. The second kappa shape index (κ2) is 3.12. The average Bonchev–Trinajstić information content (AvgIpc) is 2.58. The minimum Gasteiger partial charge on any atom is -0.0958 e. The highest BCUT2D eigenvalue weighted by atomic mass is 14.5. The van der Waals surface area contributed by atoms with Crippen LogP contribution in [-0.4, -0.2) is 0 Å². The third-order valence-electron chi connectivity index (χ3n) is 3.87. The second-order valence-electron chi connectivity index (χ2n) is 5.14. The topological polar surface area (TPSA) is 0 Å². The first-order valence-electron chi connectivity index (χ1n) is 5.58. The van der Waals surface area contributed by atoms with Crippen LogP contribution in [0.5, 0.6) is 0 Å². The Morgan fingerprint density at radius 3 is 2.14 bits per heavy atom. The second-order valence-corrected chi connectivity index (χ2v) is 5.14. The summed E-state index contributed by atoms with van der Waals surface area (Å²) in [5, 5.41) is 0. The molecule has 1 saturated carbocycles. The van der Waals surface area contributed by atoms with Gasteiger partial charge in [-0.3, -0.25) is 0 Å². The van der Waals surface area contributed by atoms with Crippen molar-refractivity contribution in [3.05, 3.63) is 35.5 Å². The van der Waals surface area contributed by atoms with Crippen LogP contribution in [-0.2, 0) is 0 Å². The average molecular weight is 188 g/mol. The summed E-state index contributed by atoms with van der Waals surface area (Å²) in [6, 6.07) is 0. The molecule has 0 heteroatoms. The fraction of sp³-hybridized carbons (Fsp3) is 0.571. The largest absolute Gasteiger partial charge is 0.0958 e. The molecule has 0 nitrogen and oxygen atoms in total. The summed E-state index contributed by atoms with van der Waals surface area (Å²) in [7, 11) is 0. The summed E-state index contributed by atoms with van der Waals surface area (Å²) in [4.78, 5) is 0. The van der Waals surface area contributed by atoms with E-state index in [0.717, 1.165) is 17.8 Å². The highest BCUT2D eigenvalue weighted by Gasteiger charge is 2.43. The molecule has 14 heavy (non-hydrogen) atoms. The monoisotopic (exact) mass is 188 g/mol. The molecule has 0 aromatic carbocycles. The SMILES string of the molecule is C=C(C)C1=C(C(=C)C)C2CC1CC2C. The van der Waals surface area contributed by atoms with Crippen molar-refractivity contribution >= 4 is 0 Å². The molecular formula is C14H20. The lowest BCUT2D eigenvalue weighted by Crippen LogP contribution is -2.12. The molecule has 0 aromatic heterocycles. The van der Waals surface area contributed by atoms with Gasteiger partial charge in [-0.05, 0) is 55.6 Å². The Morgan fingerprint density at radius 1 is 1.07 bits per heavy atom. The Bertz CT molecular complexity index is 330. The van der Waals surface area contributed by atoms with Crippen molar-refractivity contribution in [3.8, 4) is 0 Å². The molecule has 0 N–H and O–H groups in total. The standard InChI is InChI=1S/C14H20/c1-8(2)13-11-6-10(5)12(7-11)14(13)9(3)4/h10-12H,1,3,6-7H2,2,4-5H3. The first-order chi connectivity index (χ1) is 6.52. The Labute approximate surface area is 87.4 Å². The zero-order valence-electron chi connectivity index (χ0n) is 9.56. The maximum atomic E-state index is 4.12. The number of rotatable bonds is 2. The Kier molecular flexibility index (Phi) is 2.17. The number of hydrogen-bond acceptors (Lipinski definition) is 0. The van der Waals surface area contributed by atoms with Crippen molar-refractivity contribution in [2.45, 2.75) is 33.6 Å². The Balaban J connectivity index is 2.47. The van der Waals surface area contributed by atoms with Crippen molar-refractivity contribution < 1.29 is 0 Å². The molecule has 76 valence electrons. The van der Waals surface area contributed by atoms with Crippen molar-refractivity contribution in [1.82, 2.24) is 0 Å². The Hall–Kier alpha value is -0.780. The first kappa shape index (κ1) is 9.76. The van der Waals surface area contributed by atoms with E-state index in [1.165, 1.54) is 24.0 Å². The third kappa shape index (κ3) is 1.20. The zero-order valence-corrected chi connectivity index (χ0v) is 9.56. The third-order valence-corrected chi connectivity index (χ3v) is 3.87. The van der Waals surface area contributed by atoms with Crippen LogP contribution in [0.1, 0.15) is 33.6 Å². The summed E-state index contributed by atoms with van der Waals surface area (Å²) in [6.07, 6.45) is 2.72. The van der Waals surface area contributed by atoms with Gasteiger partial charge >= 0.3 is 0 Å². The van der Waals surface area contributed by atoms with Crippen LogP contribution >= 0.6 is 0 Å². The lowest BCUT2D eigenvalue weighted by Gasteiger charge is -2.25. The van der Waals surface area contributed by atoms with Crippen molar-refractivity contribution in [1.29, 1.82) is 0 Å². The molecule has 0 saturated heterocycles. The molecule has 0 aliphatic heterocycles. The van der Waals surface area contributed by atoms with Gasteiger partial charge in [0, 0.05) is 0 Å². The highest BCUT2D eigenvalue weighted by Crippen LogP contribution is 2.55. The molecule has 3 unspecified atom stereocenters. The van der Waals surface area contributed by atoms with E-state index in [1.807, 2.05) is 0 Å². The minimum absolute atomic E-state index is 0.782. The lowest BCUT2D eigenvalue weighted by atomic mass is 9.80. The van der Waals surface area contributed by atoms with Gasteiger partial charge in [0.25, 0.3) is 0 Å². The highest BCUT2D eigenvalue weighted by molar-refractivity contribution is 5.49. The molecule has 2 aliphatic carbocycles. The van der Waals surface area contributed by atoms with E-state index in [2.05, 4.69) is 33.9 Å². The molecule has 0 spiro atoms. The summed E-state index contributed by atoms with van der Waals surface area (Å²) in [5.41, 5.74) is 5.62. The molecule has 3 atom stereocenters. The molecule has 2 aliphatic rings. The predicted molar refractivity (Wildman–Crippen MR) is 62.0 cm³/mol. The summed E-state index contributed by atoms with van der Waals surface area (Å²) >= 11 is 0. The fourth-order valence-electron chi connectivity index (χ4n) is 3.43. The van der Waals surface area contributed by atoms with Crippen LogP contribution in [0.3, 0.4) is 0 Å². The van der Waals surface area contributed by atoms with E-state index in [9.17, 15) is 0 Å². The van der Waals surface area contributed by atoms with Gasteiger partial charge in [-0.1, -0.05) is 31.2 Å². The van der Waals surface area contributed by atoms with Gasteiger partial charge in [0.1, 0.15) is 0 Å². The van der Waals surface area contributed by atoms with E-state index in [0.29, 0.717) is 0 Å². The fourth-order valence-corrected chi connectivity index (χ4v) is 3.43. The van der Waals surface area contributed by atoms with E-state index in [1.54, 1.807) is 11.1 Å². The maximum Gasteiger partial charge on any atom is -0.0125 e. The number of fused-ring (bicyclic) bond motifs is 2. The van der Waals surface area contributed by atoms with Gasteiger partial charge in [-0.15, -0.1) is 0 Å². The van der Waals surface area contributed by atoms with Gasteiger partial charge in [-0.25, -0.2) is 0 Å². The van der Waals surface area contributed by atoms with Gasteiger partial charge in [-0.2, -0.15) is 0 Å². The summed E-state index contributed by atoms with van der Waals surface area (Å²) in [6.45, 7) is 14.9. The molecule has 0 radical (unpaired) electrons. The van der Waals surface area contributed by atoms with Crippen LogP contribution in [0.25, 0.3) is 0 Å². The molecule has 0 aromatic rings. The summed E-state index contributed by atoms with van der Waals surface area (Å²) in [5.74, 6) is 2.43. The summed E-state index contributed by atoms with van der Waals surface area (Å²) < 4.78 is 0. The van der Waals surface area contributed by atoms with E-state index < -0.39 is 0 Å². The van der Waals surface area contributed by atoms with E-state index in [4.69, 9.17) is 0 Å². The van der Waals surface area contributed by atoms with Gasteiger partial charge in [0.15, 0.2) is 0 Å². The molecule has 2 bridgehead atoms. The number of hydrogen-bond donors (Lipinski definition) is 0. The maximum absolute atomic E-state index is 4.12. The van der Waals surface area contributed by atoms with Crippen LogP contribution < -0.4 is 0 Å². The predicted octanol–water partition coefficient (Wildman–Crippen LogP) is 4.11. The number of allylic oxidation sites excluding steroid dienone is 4. The van der Waals surface area contributed by atoms with Gasteiger partial charge in [0.2, 0.25) is 0 Å². The van der Waals surface area contributed by atoms with Crippen molar-refractivity contribution in [2.24, 2.45) is 17.8 Å². The van der Waals surface area contributed by atoms with Crippen LogP contribution in [0.15, 0.2) is 35.5 Å². The zero-order chi connectivity index (χ0) is 10.5. The molecule has 0 amide bonds. The van der Waals surface area contributed by atoms with Crippen LogP contribution in [0.4, 0.5) is 0 Å². The van der Waals surface area contributed by atoms with Crippen molar-refractivity contribution in [2.75, 3.05) is 0 Å². The molecule has 2 rings (SSSR count). The Morgan fingerprint density at radius 2 is 1.64 bits per heavy atom. The van der Waals surface area contributed by atoms with Gasteiger partial charge < -0.3 is 0 Å². The normalized spacial score (nSPS) is 35.2. The van der Waals surface area contributed by atoms with Crippen molar-refractivity contribution in [3.63, 3.8) is 0 Å². The van der Waals surface area contributed by atoms with Crippen LogP contribution in [0, 0.1) is 17.8 Å². The van der Waals surface area contributed by atoms with Gasteiger partial charge in [0.05, 0.1) is 0 Å². The smallest absolute Gasteiger partial charge is 0.0125 e. The first-order valence-corrected chi connectivity index (χ1v) is 5.58. The van der Waals surface area contributed by atoms with E-state index in [-0.39, 0.29) is 0 Å². The minimum atomic E-state index is 0.782. The molecule has 0 heterocycles.